The van der Waals surface area contributed by atoms with E-state index in [0.29, 0.717) is 66.0 Å². The van der Waals surface area contributed by atoms with Gasteiger partial charge in [0.15, 0.2) is 0 Å². The molecule has 2 unspecified atom stereocenters. The number of imide groups is 1. The number of amides is 5. The smallest absolute Gasteiger partial charge is 0.410 e. The number of carbonyl (C=O) groups is 4. The predicted molar refractivity (Wildman–Crippen MR) is 165 cm³/mol. The Morgan fingerprint density at radius 2 is 1.78 bits per heavy atom. The van der Waals surface area contributed by atoms with Crippen molar-refractivity contribution in [3.05, 3.63) is 71.6 Å². The summed E-state index contributed by atoms with van der Waals surface area (Å²) < 4.78 is 24.5. The van der Waals surface area contributed by atoms with Gasteiger partial charge in [-0.05, 0) is 57.0 Å². The molecule has 4 aliphatic heterocycles. The van der Waals surface area contributed by atoms with Crippen molar-refractivity contribution in [3.8, 4) is 0 Å². The third-order valence-corrected chi connectivity index (χ3v) is 9.25. The van der Waals surface area contributed by atoms with Gasteiger partial charge in [0.1, 0.15) is 17.1 Å². The maximum atomic E-state index is 15.3. The van der Waals surface area contributed by atoms with E-state index in [-0.39, 0.29) is 41.9 Å². The van der Waals surface area contributed by atoms with E-state index in [2.05, 4.69) is 10.3 Å². The van der Waals surface area contributed by atoms with Gasteiger partial charge in [-0.3, -0.25) is 19.3 Å². The molecular weight excluding hydrogens is 593 g/mol. The number of benzene rings is 1. The molecule has 3 aromatic heterocycles. The zero-order chi connectivity index (χ0) is 32.1. The minimum absolute atomic E-state index is 0.108. The molecule has 2 bridgehead atoms. The van der Waals surface area contributed by atoms with E-state index in [1.54, 1.807) is 38.9 Å². The van der Waals surface area contributed by atoms with Gasteiger partial charge in [0, 0.05) is 56.1 Å². The number of carbonyl (C=O) groups excluding carboxylic acids is 4. The first-order valence-corrected chi connectivity index (χ1v) is 15.4. The fourth-order valence-electron chi connectivity index (χ4n) is 7.36. The quantitative estimate of drug-likeness (QED) is 0.340. The SMILES string of the molecule is CC(C)(C)OC(=O)N1CC2CC1CN2C(=O)N1CCn2cc(C3=C(c4cnc5ccccn45)C(=O)NC3=O)c3cc(F)cc(c32)C1. The Morgan fingerprint density at radius 1 is 1.02 bits per heavy atom. The number of hydrogen-bond donors (Lipinski definition) is 1. The van der Waals surface area contributed by atoms with E-state index < -0.39 is 23.2 Å². The summed E-state index contributed by atoms with van der Waals surface area (Å²) in [6.07, 6.45) is 5.42. The minimum atomic E-state index is -0.601. The van der Waals surface area contributed by atoms with Gasteiger partial charge < -0.3 is 24.0 Å². The molecule has 2 fully saturated rings. The van der Waals surface area contributed by atoms with E-state index in [4.69, 9.17) is 4.74 Å². The highest BCUT2D eigenvalue weighted by molar-refractivity contribution is 6.49. The van der Waals surface area contributed by atoms with Gasteiger partial charge >= 0.3 is 12.1 Å². The number of piperazine rings is 1. The summed E-state index contributed by atoms with van der Waals surface area (Å²) in [5.74, 6) is -1.61. The fraction of sp³-hybridized carbons (Fsp3) is 0.364. The lowest BCUT2D eigenvalue weighted by molar-refractivity contribution is -0.122. The van der Waals surface area contributed by atoms with Crippen LogP contribution in [-0.2, 0) is 27.4 Å². The lowest BCUT2D eigenvalue weighted by atomic mass is 9.98. The Bertz CT molecular complexity index is 2040. The molecule has 0 saturated carbocycles. The number of ether oxygens (including phenoxy) is 1. The monoisotopic (exact) mass is 625 g/mol. The first-order chi connectivity index (χ1) is 22.0. The Labute approximate surface area is 263 Å². The predicted octanol–water partition coefficient (Wildman–Crippen LogP) is 3.62. The first-order valence-electron chi connectivity index (χ1n) is 15.4. The number of rotatable bonds is 2. The van der Waals surface area contributed by atoms with Crippen molar-refractivity contribution >= 4 is 51.6 Å². The van der Waals surface area contributed by atoms with Gasteiger partial charge in [0.25, 0.3) is 11.8 Å². The molecule has 8 rings (SSSR count). The molecule has 1 aromatic carbocycles. The van der Waals surface area contributed by atoms with Crippen molar-refractivity contribution < 1.29 is 28.3 Å². The fourth-order valence-corrected chi connectivity index (χ4v) is 7.36. The van der Waals surface area contributed by atoms with E-state index in [1.165, 1.54) is 12.1 Å². The summed E-state index contributed by atoms with van der Waals surface area (Å²) in [6, 6.07) is 7.87. The van der Waals surface area contributed by atoms with Gasteiger partial charge in [0.2, 0.25) is 0 Å². The number of aromatic nitrogens is 3. The molecule has 5 amide bonds. The number of halogens is 1. The lowest BCUT2D eigenvalue weighted by Gasteiger charge is -2.37. The number of urea groups is 1. The molecule has 46 heavy (non-hydrogen) atoms. The van der Waals surface area contributed by atoms with Crippen molar-refractivity contribution in [1.82, 2.24) is 34.0 Å². The summed E-state index contributed by atoms with van der Waals surface area (Å²) in [6.45, 7) is 7.25. The molecular formula is C33H32FN7O5. The molecule has 2 atom stereocenters. The second-order valence-electron chi connectivity index (χ2n) is 13.3. The number of fused-ring (bicyclic) bond motifs is 3. The molecule has 1 N–H and O–H groups in total. The molecule has 0 aliphatic carbocycles. The highest BCUT2D eigenvalue weighted by atomic mass is 19.1. The average Bonchev–Trinajstić information content (AvgIpc) is 3.80. The van der Waals surface area contributed by atoms with Gasteiger partial charge in [0.05, 0.1) is 40.6 Å². The van der Waals surface area contributed by atoms with Crippen molar-refractivity contribution in [1.29, 1.82) is 0 Å². The van der Waals surface area contributed by atoms with E-state index in [1.807, 2.05) is 42.4 Å². The van der Waals surface area contributed by atoms with Crippen LogP contribution in [0.4, 0.5) is 14.0 Å². The van der Waals surface area contributed by atoms with Crippen LogP contribution in [0.2, 0.25) is 0 Å². The average molecular weight is 626 g/mol. The van der Waals surface area contributed by atoms with E-state index in [0.717, 1.165) is 0 Å². The maximum Gasteiger partial charge on any atom is 0.410 e. The van der Waals surface area contributed by atoms with Crippen molar-refractivity contribution in [3.63, 3.8) is 0 Å². The lowest BCUT2D eigenvalue weighted by Crippen LogP contribution is -2.54. The van der Waals surface area contributed by atoms with Crippen LogP contribution in [0.1, 0.15) is 44.0 Å². The van der Waals surface area contributed by atoms with Crippen LogP contribution in [0.15, 0.2) is 48.9 Å². The Kier molecular flexibility index (Phi) is 6.09. The summed E-state index contributed by atoms with van der Waals surface area (Å²) in [4.78, 5) is 62.7. The van der Waals surface area contributed by atoms with Crippen LogP contribution in [0.5, 0.6) is 0 Å². The first kappa shape index (κ1) is 28.3. The zero-order valence-corrected chi connectivity index (χ0v) is 25.6. The third kappa shape index (κ3) is 4.36. The summed E-state index contributed by atoms with van der Waals surface area (Å²) in [5.41, 5.74) is 2.57. The van der Waals surface area contributed by atoms with Crippen LogP contribution in [0.25, 0.3) is 27.7 Å². The minimum Gasteiger partial charge on any atom is -0.444 e. The van der Waals surface area contributed by atoms with Crippen LogP contribution < -0.4 is 5.32 Å². The normalized spacial score (nSPS) is 21.2. The van der Waals surface area contributed by atoms with Gasteiger partial charge in [-0.1, -0.05) is 6.07 Å². The molecule has 4 aliphatic rings. The molecule has 0 spiro atoms. The molecule has 2 saturated heterocycles. The van der Waals surface area contributed by atoms with Crippen molar-refractivity contribution in [2.75, 3.05) is 19.6 Å². The number of hydrogen-bond acceptors (Lipinski definition) is 6. The maximum absolute atomic E-state index is 15.3. The Hall–Kier alpha value is -5.20. The zero-order valence-electron chi connectivity index (χ0n) is 25.6. The van der Waals surface area contributed by atoms with Crippen LogP contribution >= 0.6 is 0 Å². The third-order valence-electron chi connectivity index (χ3n) is 9.25. The second-order valence-corrected chi connectivity index (χ2v) is 13.3. The van der Waals surface area contributed by atoms with Gasteiger partial charge in [-0.15, -0.1) is 0 Å². The molecule has 0 radical (unpaired) electrons. The van der Waals surface area contributed by atoms with Crippen LogP contribution in [-0.4, -0.2) is 89.9 Å². The van der Waals surface area contributed by atoms with E-state index >= 15 is 4.39 Å². The summed E-state index contributed by atoms with van der Waals surface area (Å²) in [5, 5.41) is 2.91. The topological polar surface area (TPSA) is 121 Å². The highest BCUT2D eigenvalue weighted by Crippen LogP contribution is 2.39. The van der Waals surface area contributed by atoms with Crippen LogP contribution in [0, 0.1) is 5.82 Å². The summed E-state index contributed by atoms with van der Waals surface area (Å²) in [7, 11) is 0. The van der Waals surface area contributed by atoms with Crippen LogP contribution in [0.3, 0.4) is 0 Å². The molecule has 13 heteroatoms. The number of imidazole rings is 1. The van der Waals surface area contributed by atoms with Crippen molar-refractivity contribution in [2.24, 2.45) is 0 Å². The molecule has 4 aromatic rings. The number of pyridine rings is 1. The highest BCUT2D eigenvalue weighted by Gasteiger charge is 2.49. The number of nitrogens with zero attached hydrogens (tertiary/aromatic N) is 6. The second kappa shape index (κ2) is 9.90. The van der Waals surface area contributed by atoms with Gasteiger partial charge in [-0.2, -0.15) is 0 Å². The number of nitrogens with one attached hydrogen (secondary N) is 1. The standard InChI is InChI=1S/C33H32FN7O5/c1-33(2,3)46-32(45)41-16-20-12-21(41)15-40(20)31(44)38-9-8-37-17-23(22-11-19(34)10-18(14-38)28(22)37)26-27(30(43)36-29(26)42)24-13-35-25-6-4-5-7-39(24)25/h4-7,10-11,13,17,20-21H,8-9,12,14-16H2,1-3H3,(H,36,42,43). The molecule has 12 nitrogen and oxygen atoms in total. The molecule has 7 heterocycles. The Morgan fingerprint density at radius 3 is 2.54 bits per heavy atom. The summed E-state index contributed by atoms with van der Waals surface area (Å²) >= 11 is 0. The van der Waals surface area contributed by atoms with E-state index in [9.17, 15) is 19.2 Å². The largest absolute Gasteiger partial charge is 0.444 e. The van der Waals surface area contributed by atoms with Crippen molar-refractivity contribution in [2.45, 2.75) is 58.0 Å². The van der Waals surface area contributed by atoms with Gasteiger partial charge in [-0.25, -0.2) is 19.0 Å². The Balaban J connectivity index is 1.11. The number of likely N-dealkylation sites (tertiary alicyclic amines) is 2. The molecule has 236 valence electrons.